The van der Waals surface area contributed by atoms with E-state index in [-0.39, 0.29) is 18.5 Å². The van der Waals surface area contributed by atoms with Crippen LogP contribution in [0.3, 0.4) is 0 Å². The quantitative estimate of drug-likeness (QED) is 0.524. The van der Waals surface area contributed by atoms with Crippen LogP contribution in [0.2, 0.25) is 0 Å². The molecule has 0 aromatic heterocycles. The molecular weight excluding hydrogens is 388 g/mol. The van der Waals surface area contributed by atoms with Gasteiger partial charge in [0, 0.05) is 17.6 Å². The molecule has 0 heterocycles. The number of aliphatic carboxylic acids is 1. The number of fused-ring (bicyclic) bond motifs is 1. The highest BCUT2D eigenvalue weighted by Crippen LogP contribution is 2.36. The molecule has 0 spiro atoms. The van der Waals surface area contributed by atoms with Crippen molar-refractivity contribution in [1.82, 2.24) is 10.6 Å². The fraction of sp³-hybridized carbons (Fsp3) is 0.308. The lowest BCUT2D eigenvalue weighted by Crippen LogP contribution is -2.29. The predicted octanol–water partition coefficient (Wildman–Crippen LogP) is 4.64. The summed E-state index contributed by atoms with van der Waals surface area (Å²) in [6, 6.07) is 23.3. The number of hydrogen-bond donors (Lipinski definition) is 3. The number of carboxylic acid groups (broad SMARTS) is 1. The molecule has 3 aromatic carbocycles. The number of benzene rings is 3. The van der Waals surface area contributed by atoms with Crippen LogP contribution in [0.4, 0.5) is 0 Å². The van der Waals surface area contributed by atoms with Gasteiger partial charge in [0.1, 0.15) is 6.54 Å². The van der Waals surface area contributed by atoms with Crippen molar-refractivity contribution in [3.8, 4) is 0 Å². The van der Waals surface area contributed by atoms with E-state index >= 15 is 0 Å². The molecule has 3 aromatic rings. The molecule has 3 atom stereocenters. The maximum Gasteiger partial charge on any atom is 0.322 e. The minimum Gasteiger partial charge on any atom is -0.480 e. The summed E-state index contributed by atoms with van der Waals surface area (Å²) in [7, 11) is 0. The third-order valence-corrected chi connectivity index (χ3v) is 6.25. The fourth-order valence-corrected chi connectivity index (χ4v) is 4.67. The summed E-state index contributed by atoms with van der Waals surface area (Å²) in [4.78, 5) is 22.6. The van der Waals surface area contributed by atoms with Crippen molar-refractivity contribution in [3.63, 3.8) is 0 Å². The first-order valence-electron chi connectivity index (χ1n) is 10.8. The summed E-state index contributed by atoms with van der Waals surface area (Å²) in [6.45, 7) is 1.87. The van der Waals surface area contributed by atoms with Crippen LogP contribution in [0.15, 0.2) is 66.7 Å². The smallest absolute Gasteiger partial charge is 0.322 e. The highest BCUT2D eigenvalue weighted by atomic mass is 16.4. The van der Waals surface area contributed by atoms with Crippen LogP contribution in [0, 0.1) is 0 Å². The molecule has 160 valence electrons. The minimum atomic E-state index is -1.05. The van der Waals surface area contributed by atoms with E-state index in [0.717, 1.165) is 19.3 Å². The van der Waals surface area contributed by atoms with Crippen molar-refractivity contribution >= 4 is 22.6 Å². The lowest BCUT2D eigenvalue weighted by Gasteiger charge is -2.21. The van der Waals surface area contributed by atoms with Gasteiger partial charge < -0.3 is 15.7 Å². The zero-order valence-corrected chi connectivity index (χ0v) is 17.7. The number of nitrogens with one attached hydrogen (secondary N) is 2. The van der Waals surface area contributed by atoms with E-state index in [1.165, 1.54) is 21.9 Å². The van der Waals surface area contributed by atoms with E-state index in [2.05, 4.69) is 60.0 Å². The molecular formula is C26H28N2O3. The molecule has 4 rings (SSSR count). The van der Waals surface area contributed by atoms with Gasteiger partial charge in [-0.05, 0) is 66.1 Å². The number of hydrogen-bond acceptors (Lipinski definition) is 3. The Morgan fingerprint density at radius 3 is 2.52 bits per heavy atom. The molecule has 1 fully saturated rings. The first-order valence-corrected chi connectivity index (χ1v) is 10.8. The summed E-state index contributed by atoms with van der Waals surface area (Å²) in [6.07, 6.45) is 3.31. The number of carboxylic acids is 1. The Morgan fingerprint density at radius 2 is 1.74 bits per heavy atom. The van der Waals surface area contributed by atoms with Crippen molar-refractivity contribution in [2.24, 2.45) is 0 Å². The molecule has 0 aliphatic heterocycles. The Hall–Kier alpha value is -3.18. The molecule has 1 aliphatic rings. The molecule has 31 heavy (non-hydrogen) atoms. The van der Waals surface area contributed by atoms with Gasteiger partial charge in [-0.2, -0.15) is 0 Å². The topological polar surface area (TPSA) is 78.4 Å². The second kappa shape index (κ2) is 9.31. The SMILES string of the molecule is CC(NC1CCC(c2ccc(C(=O)NCC(=O)O)cc2)C1)c1cccc2ccccc12. The minimum absolute atomic E-state index is 0.273. The number of carbonyl (C=O) groups is 2. The average Bonchev–Trinajstić information content (AvgIpc) is 3.25. The van der Waals surface area contributed by atoms with Gasteiger partial charge in [0.25, 0.3) is 5.91 Å². The lowest BCUT2D eigenvalue weighted by molar-refractivity contribution is -0.135. The van der Waals surface area contributed by atoms with Gasteiger partial charge in [-0.25, -0.2) is 0 Å². The first kappa shape index (κ1) is 21.1. The summed E-state index contributed by atoms with van der Waals surface area (Å²) in [5.41, 5.74) is 3.05. The van der Waals surface area contributed by atoms with E-state index in [9.17, 15) is 9.59 Å². The van der Waals surface area contributed by atoms with Gasteiger partial charge in [-0.15, -0.1) is 0 Å². The number of amides is 1. The van der Waals surface area contributed by atoms with Crippen molar-refractivity contribution < 1.29 is 14.7 Å². The Morgan fingerprint density at radius 1 is 1.00 bits per heavy atom. The van der Waals surface area contributed by atoms with Crippen molar-refractivity contribution in [2.45, 2.75) is 44.2 Å². The van der Waals surface area contributed by atoms with E-state index in [1.807, 2.05) is 12.1 Å². The van der Waals surface area contributed by atoms with Crippen LogP contribution in [0.5, 0.6) is 0 Å². The van der Waals surface area contributed by atoms with Crippen molar-refractivity contribution in [3.05, 3.63) is 83.4 Å². The summed E-state index contributed by atoms with van der Waals surface area (Å²) >= 11 is 0. The summed E-state index contributed by atoms with van der Waals surface area (Å²) in [5, 5.41) is 17.5. The highest BCUT2D eigenvalue weighted by Gasteiger charge is 2.27. The van der Waals surface area contributed by atoms with Crippen LogP contribution < -0.4 is 10.6 Å². The third kappa shape index (κ3) is 4.94. The van der Waals surface area contributed by atoms with Crippen LogP contribution in [0.25, 0.3) is 10.8 Å². The van der Waals surface area contributed by atoms with Gasteiger partial charge in [0.15, 0.2) is 0 Å². The zero-order chi connectivity index (χ0) is 21.8. The van der Waals surface area contributed by atoms with Gasteiger partial charge in [0.2, 0.25) is 0 Å². The first-order chi connectivity index (χ1) is 15.0. The molecule has 1 amide bonds. The largest absolute Gasteiger partial charge is 0.480 e. The van der Waals surface area contributed by atoms with E-state index < -0.39 is 5.97 Å². The number of rotatable bonds is 7. The average molecular weight is 417 g/mol. The molecule has 0 saturated heterocycles. The third-order valence-electron chi connectivity index (χ3n) is 6.25. The summed E-state index contributed by atoms with van der Waals surface area (Å²) < 4.78 is 0. The summed E-state index contributed by atoms with van der Waals surface area (Å²) in [5.74, 6) is -0.940. The Kier molecular flexibility index (Phi) is 6.33. The standard InChI is InChI=1S/C26H28N2O3/c1-17(23-8-4-6-19-5-2-3-7-24(19)23)28-22-14-13-21(15-22)18-9-11-20(12-10-18)26(31)27-16-25(29)30/h2-12,17,21-22,28H,13-16H2,1H3,(H,27,31)(H,29,30). The van der Waals surface area contributed by atoms with Gasteiger partial charge >= 0.3 is 5.97 Å². The van der Waals surface area contributed by atoms with E-state index in [1.54, 1.807) is 12.1 Å². The molecule has 5 nitrogen and oxygen atoms in total. The Bertz CT molecular complexity index is 1070. The Balaban J connectivity index is 1.37. The van der Waals surface area contributed by atoms with Crippen LogP contribution in [0.1, 0.15) is 59.6 Å². The molecule has 0 radical (unpaired) electrons. The van der Waals surface area contributed by atoms with E-state index in [4.69, 9.17) is 5.11 Å². The molecule has 0 bridgehead atoms. The van der Waals surface area contributed by atoms with Crippen molar-refractivity contribution in [1.29, 1.82) is 0 Å². The van der Waals surface area contributed by atoms with Crippen molar-refractivity contribution in [2.75, 3.05) is 6.54 Å². The molecule has 1 saturated carbocycles. The normalized spacial score (nSPS) is 19.3. The van der Waals surface area contributed by atoms with Crippen LogP contribution in [-0.2, 0) is 4.79 Å². The predicted molar refractivity (Wildman–Crippen MR) is 122 cm³/mol. The lowest BCUT2D eigenvalue weighted by atomic mass is 9.96. The number of carbonyl (C=O) groups excluding carboxylic acids is 1. The molecule has 3 unspecified atom stereocenters. The Labute approximate surface area is 182 Å². The second-order valence-corrected chi connectivity index (χ2v) is 8.36. The molecule has 3 N–H and O–H groups in total. The monoisotopic (exact) mass is 416 g/mol. The van der Waals surface area contributed by atoms with Gasteiger partial charge in [-0.1, -0.05) is 54.6 Å². The zero-order valence-electron chi connectivity index (χ0n) is 17.7. The maximum absolute atomic E-state index is 12.0. The molecule has 5 heteroatoms. The maximum atomic E-state index is 12.0. The van der Waals surface area contributed by atoms with Gasteiger partial charge in [-0.3, -0.25) is 9.59 Å². The van der Waals surface area contributed by atoms with Crippen LogP contribution >= 0.6 is 0 Å². The van der Waals surface area contributed by atoms with E-state index in [0.29, 0.717) is 17.5 Å². The second-order valence-electron chi connectivity index (χ2n) is 8.36. The fourth-order valence-electron chi connectivity index (χ4n) is 4.67. The highest BCUT2D eigenvalue weighted by molar-refractivity contribution is 5.95. The molecule has 1 aliphatic carbocycles. The van der Waals surface area contributed by atoms with Crippen LogP contribution in [-0.4, -0.2) is 29.6 Å². The van der Waals surface area contributed by atoms with Gasteiger partial charge in [0.05, 0.1) is 0 Å².